The second-order valence-corrected chi connectivity index (χ2v) is 5.48. The number of carbonyl (C=O) groups excluding carboxylic acids is 1. The van der Waals surface area contributed by atoms with E-state index in [1.165, 1.54) is 0 Å². The second-order valence-electron chi connectivity index (χ2n) is 4.73. The van der Waals surface area contributed by atoms with E-state index in [2.05, 4.69) is 14.9 Å². The van der Waals surface area contributed by atoms with Crippen LogP contribution in [0.25, 0.3) is 0 Å². The highest BCUT2D eigenvalue weighted by Crippen LogP contribution is 2.14. The molecule has 5 nitrogen and oxygen atoms in total. The minimum atomic E-state index is -0.854. The van der Waals surface area contributed by atoms with Gasteiger partial charge in [0.15, 0.2) is 0 Å². The highest BCUT2D eigenvalue weighted by Gasteiger charge is 2.22. The van der Waals surface area contributed by atoms with Crippen LogP contribution < -0.4 is 5.32 Å². The Morgan fingerprint density at radius 3 is 2.78 bits per heavy atom. The van der Waals surface area contributed by atoms with Crippen LogP contribution in [0.4, 0.5) is 0 Å². The van der Waals surface area contributed by atoms with Gasteiger partial charge in [0.2, 0.25) is 0 Å². The third-order valence-corrected chi connectivity index (χ3v) is 3.43. The number of rotatable bonds is 7. The molecule has 0 aliphatic heterocycles. The maximum Gasteiger partial charge on any atom is 0.265 e. The van der Waals surface area contributed by atoms with E-state index in [-0.39, 0.29) is 12.5 Å². The topological polar surface area (TPSA) is 75.1 Å². The summed E-state index contributed by atoms with van der Waals surface area (Å²) in [6, 6.07) is 0. The number of carbonyl (C=O) groups is 1. The van der Waals surface area contributed by atoms with Gasteiger partial charge in [-0.15, -0.1) is 5.10 Å². The van der Waals surface area contributed by atoms with Crippen LogP contribution >= 0.6 is 11.5 Å². The molecule has 0 bridgehead atoms. The first kappa shape index (κ1) is 15.0. The fourth-order valence-electron chi connectivity index (χ4n) is 1.76. The van der Waals surface area contributed by atoms with Gasteiger partial charge in [0.25, 0.3) is 5.91 Å². The fourth-order valence-corrected chi connectivity index (χ4v) is 2.38. The zero-order valence-electron chi connectivity index (χ0n) is 11.2. The minimum absolute atomic E-state index is 0.190. The summed E-state index contributed by atoms with van der Waals surface area (Å²) in [5, 5.41) is 16.7. The summed E-state index contributed by atoms with van der Waals surface area (Å²) >= 11 is 1.11. The predicted octanol–water partition coefficient (Wildman–Crippen LogP) is 1.77. The number of nitrogens with zero attached hydrogens (tertiary/aromatic N) is 2. The molecular formula is C12H21N3O2S. The van der Waals surface area contributed by atoms with Crippen LogP contribution in [0, 0.1) is 0 Å². The molecule has 0 saturated carbocycles. The molecule has 0 aliphatic rings. The molecule has 102 valence electrons. The number of hydrogen-bond acceptors (Lipinski definition) is 5. The number of aromatic nitrogens is 2. The van der Waals surface area contributed by atoms with Crippen LogP contribution in [0.15, 0.2) is 0 Å². The van der Waals surface area contributed by atoms with Gasteiger partial charge in [-0.3, -0.25) is 4.79 Å². The first-order valence-corrected chi connectivity index (χ1v) is 7.09. The molecule has 1 rings (SSSR count). The standard InChI is InChI=1S/C12H21N3O2S/c1-4-6-9-10(18-15-14-9)11(16)13-8-12(3,17)7-5-2/h17H,4-8H2,1-3H3,(H,13,16). The highest BCUT2D eigenvalue weighted by molar-refractivity contribution is 7.08. The second kappa shape index (κ2) is 6.80. The van der Waals surface area contributed by atoms with Gasteiger partial charge in [0, 0.05) is 6.54 Å². The van der Waals surface area contributed by atoms with Crippen LogP contribution in [0.3, 0.4) is 0 Å². The lowest BCUT2D eigenvalue weighted by Crippen LogP contribution is -2.40. The molecule has 18 heavy (non-hydrogen) atoms. The zero-order chi connectivity index (χ0) is 13.6. The lowest BCUT2D eigenvalue weighted by Gasteiger charge is -2.22. The fraction of sp³-hybridized carbons (Fsp3) is 0.750. The van der Waals surface area contributed by atoms with Crippen LogP contribution in [0.1, 0.15) is 55.4 Å². The minimum Gasteiger partial charge on any atom is -0.388 e. The molecule has 1 atom stereocenters. The average molecular weight is 271 g/mol. The molecule has 0 saturated heterocycles. The van der Waals surface area contributed by atoms with Crippen molar-refractivity contribution in [2.24, 2.45) is 0 Å². The van der Waals surface area contributed by atoms with Crippen LogP contribution in [-0.2, 0) is 6.42 Å². The summed E-state index contributed by atoms with van der Waals surface area (Å²) in [5.41, 5.74) is -0.108. The third-order valence-electron chi connectivity index (χ3n) is 2.67. The van der Waals surface area contributed by atoms with Gasteiger partial charge < -0.3 is 10.4 Å². The van der Waals surface area contributed by atoms with E-state index in [1.54, 1.807) is 6.92 Å². The van der Waals surface area contributed by atoms with Gasteiger partial charge >= 0.3 is 0 Å². The molecule has 0 aromatic carbocycles. The monoisotopic (exact) mass is 271 g/mol. The van der Waals surface area contributed by atoms with Crippen molar-refractivity contribution >= 4 is 17.4 Å². The number of amides is 1. The quantitative estimate of drug-likeness (QED) is 0.792. The van der Waals surface area contributed by atoms with Gasteiger partial charge in [0.05, 0.1) is 11.3 Å². The Bertz CT molecular complexity index is 390. The lowest BCUT2D eigenvalue weighted by molar-refractivity contribution is 0.0470. The molecule has 1 heterocycles. The normalized spacial score (nSPS) is 14.2. The Kier molecular flexibility index (Phi) is 5.68. The smallest absolute Gasteiger partial charge is 0.265 e. The van der Waals surface area contributed by atoms with Gasteiger partial charge in [-0.2, -0.15) is 0 Å². The summed E-state index contributed by atoms with van der Waals surface area (Å²) in [4.78, 5) is 12.5. The van der Waals surface area contributed by atoms with E-state index in [9.17, 15) is 9.90 Å². The Labute approximate surface area is 112 Å². The molecule has 1 aromatic heterocycles. The average Bonchev–Trinajstić information content (AvgIpc) is 2.75. The first-order chi connectivity index (χ1) is 8.50. The van der Waals surface area contributed by atoms with E-state index in [1.807, 2.05) is 13.8 Å². The Morgan fingerprint density at radius 1 is 1.44 bits per heavy atom. The molecule has 1 unspecified atom stereocenters. The summed E-state index contributed by atoms with van der Waals surface area (Å²) < 4.78 is 3.81. The molecule has 2 N–H and O–H groups in total. The van der Waals surface area contributed by atoms with Crippen molar-refractivity contribution in [3.8, 4) is 0 Å². The van der Waals surface area contributed by atoms with E-state index in [0.29, 0.717) is 11.3 Å². The Balaban J connectivity index is 2.57. The molecular weight excluding hydrogens is 250 g/mol. The largest absolute Gasteiger partial charge is 0.388 e. The van der Waals surface area contributed by atoms with Crippen molar-refractivity contribution in [3.63, 3.8) is 0 Å². The summed E-state index contributed by atoms with van der Waals surface area (Å²) in [6.07, 6.45) is 3.23. The Hall–Kier alpha value is -1.01. The number of nitrogens with one attached hydrogen (secondary N) is 1. The van der Waals surface area contributed by atoms with Gasteiger partial charge in [-0.25, -0.2) is 0 Å². The van der Waals surface area contributed by atoms with Crippen LogP contribution in [-0.4, -0.2) is 32.7 Å². The summed E-state index contributed by atoms with van der Waals surface area (Å²) in [7, 11) is 0. The molecule has 0 radical (unpaired) electrons. The summed E-state index contributed by atoms with van der Waals surface area (Å²) in [5.74, 6) is -0.190. The van der Waals surface area contributed by atoms with Crippen LogP contribution in [0.5, 0.6) is 0 Å². The number of aryl methyl sites for hydroxylation is 1. The SMILES string of the molecule is CCCc1nnsc1C(=O)NCC(C)(O)CCC. The van der Waals surface area contributed by atoms with Crippen molar-refractivity contribution in [1.82, 2.24) is 14.9 Å². The van der Waals surface area contributed by atoms with E-state index < -0.39 is 5.60 Å². The van der Waals surface area contributed by atoms with Gasteiger partial charge in [-0.05, 0) is 31.3 Å². The molecule has 0 fully saturated rings. The maximum absolute atomic E-state index is 12.0. The molecule has 6 heteroatoms. The van der Waals surface area contributed by atoms with Crippen LogP contribution in [0.2, 0.25) is 0 Å². The van der Waals surface area contributed by atoms with Crippen molar-refractivity contribution in [3.05, 3.63) is 10.6 Å². The number of hydrogen-bond donors (Lipinski definition) is 2. The molecule has 1 aromatic rings. The molecule has 0 spiro atoms. The predicted molar refractivity (Wildman–Crippen MR) is 71.8 cm³/mol. The van der Waals surface area contributed by atoms with Crippen molar-refractivity contribution in [2.75, 3.05) is 6.54 Å². The number of aliphatic hydroxyl groups is 1. The van der Waals surface area contributed by atoms with Gasteiger partial charge in [0.1, 0.15) is 4.88 Å². The molecule has 0 aliphatic carbocycles. The lowest BCUT2D eigenvalue weighted by atomic mass is 10.0. The van der Waals surface area contributed by atoms with E-state index in [4.69, 9.17) is 0 Å². The van der Waals surface area contributed by atoms with Crippen molar-refractivity contribution in [2.45, 2.75) is 52.1 Å². The first-order valence-electron chi connectivity index (χ1n) is 6.32. The zero-order valence-corrected chi connectivity index (χ0v) is 12.0. The Morgan fingerprint density at radius 2 is 2.17 bits per heavy atom. The van der Waals surface area contributed by atoms with E-state index in [0.717, 1.165) is 36.5 Å². The van der Waals surface area contributed by atoms with Crippen molar-refractivity contribution < 1.29 is 9.90 Å². The summed E-state index contributed by atoms with van der Waals surface area (Å²) in [6.45, 7) is 6.02. The highest BCUT2D eigenvalue weighted by atomic mass is 32.1. The third kappa shape index (κ3) is 4.34. The van der Waals surface area contributed by atoms with E-state index >= 15 is 0 Å². The maximum atomic E-state index is 12.0. The van der Waals surface area contributed by atoms with Gasteiger partial charge in [-0.1, -0.05) is 31.2 Å². The van der Waals surface area contributed by atoms with Crippen molar-refractivity contribution in [1.29, 1.82) is 0 Å². The molecule has 1 amide bonds.